The van der Waals surface area contributed by atoms with E-state index in [0.717, 1.165) is 28.9 Å². The first-order valence-corrected chi connectivity index (χ1v) is 9.80. The third kappa shape index (κ3) is 3.14. The first kappa shape index (κ1) is 17.2. The summed E-state index contributed by atoms with van der Waals surface area (Å²) in [5.74, 6) is 0.790. The molecule has 4 heteroatoms. The number of benzene rings is 2. The highest BCUT2D eigenvalue weighted by atomic mass is 32.1. The minimum Gasteiger partial charge on any atom is -0.440 e. The molecule has 2 aromatic heterocycles. The Kier molecular flexibility index (Phi) is 3.92. The van der Waals surface area contributed by atoms with Gasteiger partial charge in [0, 0.05) is 10.8 Å². The molecule has 0 saturated carbocycles. The molecule has 0 fully saturated rings. The third-order valence-electron chi connectivity index (χ3n) is 4.61. The van der Waals surface area contributed by atoms with Gasteiger partial charge in [0.15, 0.2) is 5.58 Å². The standard InChI is InChI=1S/C22H24N2OS/c1-21(2,3)20-24-16-11-10-14(12-18(16)26-20)13-22(4,5)19-23-15-8-6-7-9-17(15)25-19/h6-12H,13H2,1-5H3. The summed E-state index contributed by atoms with van der Waals surface area (Å²) >= 11 is 1.79. The number of aromatic nitrogens is 2. The Labute approximate surface area is 158 Å². The monoisotopic (exact) mass is 364 g/mol. The van der Waals surface area contributed by atoms with Crippen molar-refractivity contribution < 1.29 is 4.42 Å². The van der Waals surface area contributed by atoms with E-state index < -0.39 is 0 Å². The zero-order chi connectivity index (χ0) is 18.5. The largest absolute Gasteiger partial charge is 0.440 e. The molecule has 0 amide bonds. The fraction of sp³-hybridized carbons (Fsp3) is 0.364. The van der Waals surface area contributed by atoms with Crippen molar-refractivity contribution >= 4 is 32.7 Å². The normalized spacial score (nSPS) is 13.0. The lowest BCUT2D eigenvalue weighted by Gasteiger charge is -2.20. The van der Waals surface area contributed by atoms with Gasteiger partial charge in [-0.2, -0.15) is 0 Å². The van der Waals surface area contributed by atoms with E-state index in [0.29, 0.717) is 0 Å². The van der Waals surface area contributed by atoms with Gasteiger partial charge in [-0.25, -0.2) is 9.97 Å². The summed E-state index contributed by atoms with van der Waals surface area (Å²) in [6.45, 7) is 11.0. The van der Waals surface area contributed by atoms with Crippen molar-refractivity contribution in [1.29, 1.82) is 0 Å². The highest BCUT2D eigenvalue weighted by Crippen LogP contribution is 2.34. The molecule has 0 aliphatic carbocycles. The van der Waals surface area contributed by atoms with Crippen LogP contribution in [0.5, 0.6) is 0 Å². The van der Waals surface area contributed by atoms with Crippen LogP contribution in [0.2, 0.25) is 0 Å². The number of hydrogen-bond acceptors (Lipinski definition) is 4. The molecule has 3 nitrogen and oxygen atoms in total. The van der Waals surface area contributed by atoms with Crippen molar-refractivity contribution in [1.82, 2.24) is 9.97 Å². The number of nitrogens with zero attached hydrogens (tertiary/aromatic N) is 2. The molecule has 134 valence electrons. The molecule has 2 heterocycles. The molecule has 0 spiro atoms. The first-order chi connectivity index (χ1) is 12.2. The molecular formula is C22H24N2OS. The van der Waals surface area contributed by atoms with Gasteiger partial charge >= 0.3 is 0 Å². The average Bonchev–Trinajstić information content (AvgIpc) is 3.18. The topological polar surface area (TPSA) is 38.9 Å². The maximum Gasteiger partial charge on any atom is 0.201 e. The molecular weight excluding hydrogens is 340 g/mol. The van der Waals surface area contributed by atoms with E-state index in [2.05, 4.69) is 52.8 Å². The number of fused-ring (bicyclic) bond motifs is 2. The van der Waals surface area contributed by atoms with Crippen molar-refractivity contribution in [3.05, 3.63) is 58.9 Å². The Morgan fingerprint density at radius 3 is 2.42 bits per heavy atom. The lowest BCUT2D eigenvalue weighted by Crippen LogP contribution is -2.20. The Bertz CT molecular complexity index is 1050. The van der Waals surface area contributed by atoms with Gasteiger partial charge in [0.05, 0.1) is 15.2 Å². The first-order valence-electron chi connectivity index (χ1n) is 8.98. The van der Waals surface area contributed by atoms with E-state index in [9.17, 15) is 0 Å². The van der Waals surface area contributed by atoms with Crippen molar-refractivity contribution in [2.45, 2.75) is 51.9 Å². The van der Waals surface area contributed by atoms with Crippen LogP contribution in [0.15, 0.2) is 46.9 Å². The summed E-state index contributed by atoms with van der Waals surface area (Å²) in [5, 5.41) is 1.18. The number of para-hydroxylation sites is 2. The molecule has 26 heavy (non-hydrogen) atoms. The van der Waals surface area contributed by atoms with Crippen LogP contribution in [0.3, 0.4) is 0 Å². The summed E-state index contributed by atoms with van der Waals surface area (Å²) < 4.78 is 7.27. The van der Waals surface area contributed by atoms with E-state index in [-0.39, 0.29) is 10.8 Å². The Morgan fingerprint density at radius 2 is 1.69 bits per heavy atom. The zero-order valence-corrected chi connectivity index (χ0v) is 16.8. The van der Waals surface area contributed by atoms with Crippen LogP contribution < -0.4 is 0 Å². The van der Waals surface area contributed by atoms with E-state index >= 15 is 0 Å². The lowest BCUT2D eigenvalue weighted by atomic mass is 9.85. The lowest BCUT2D eigenvalue weighted by molar-refractivity contribution is 0.381. The van der Waals surface area contributed by atoms with Crippen LogP contribution in [0.1, 0.15) is 51.1 Å². The van der Waals surface area contributed by atoms with Gasteiger partial charge in [0.1, 0.15) is 5.52 Å². The van der Waals surface area contributed by atoms with Crippen LogP contribution >= 0.6 is 11.3 Å². The predicted molar refractivity (Wildman–Crippen MR) is 109 cm³/mol. The third-order valence-corrected chi connectivity index (χ3v) is 6.06. The maximum atomic E-state index is 6.02. The summed E-state index contributed by atoms with van der Waals surface area (Å²) in [7, 11) is 0. The zero-order valence-electron chi connectivity index (χ0n) is 16.0. The van der Waals surface area contributed by atoms with E-state index in [1.54, 1.807) is 11.3 Å². The second-order valence-electron chi connectivity index (χ2n) is 8.62. The van der Waals surface area contributed by atoms with Gasteiger partial charge in [0.2, 0.25) is 5.89 Å². The average molecular weight is 365 g/mol. The number of oxazole rings is 1. The van der Waals surface area contributed by atoms with Crippen LogP contribution in [0.25, 0.3) is 21.3 Å². The molecule has 0 aliphatic heterocycles. The molecule has 0 aliphatic rings. The molecule has 2 aromatic carbocycles. The van der Waals surface area contributed by atoms with Gasteiger partial charge in [-0.05, 0) is 36.2 Å². The van der Waals surface area contributed by atoms with Crippen molar-refractivity contribution in [3.8, 4) is 0 Å². The Morgan fingerprint density at radius 1 is 0.923 bits per heavy atom. The molecule has 0 saturated heterocycles. The molecule has 0 unspecified atom stereocenters. The molecule has 0 bridgehead atoms. The maximum absolute atomic E-state index is 6.02. The van der Waals surface area contributed by atoms with Crippen LogP contribution in [-0.4, -0.2) is 9.97 Å². The molecule has 4 rings (SSSR count). The Hall–Kier alpha value is -2.20. The Balaban J connectivity index is 1.66. The van der Waals surface area contributed by atoms with E-state index in [1.165, 1.54) is 15.3 Å². The van der Waals surface area contributed by atoms with Crippen LogP contribution in [0, 0.1) is 0 Å². The van der Waals surface area contributed by atoms with E-state index in [1.807, 2.05) is 24.3 Å². The minimum absolute atomic E-state index is 0.0846. The number of thiazole rings is 1. The highest BCUT2D eigenvalue weighted by Gasteiger charge is 2.28. The summed E-state index contributed by atoms with van der Waals surface area (Å²) in [6, 6.07) is 14.5. The van der Waals surface area contributed by atoms with Crippen LogP contribution in [0.4, 0.5) is 0 Å². The SMILES string of the molecule is CC(C)(C)c1nc2ccc(CC(C)(C)c3nc4ccccc4o3)cc2s1. The molecule has 4 aromatic rings. The molecule has 0 radical (unpaired) electrons. The fourth-order valence-electron chi connectivity index (χ4n) is 3.15. The fourth-order valence-corrected chi connectivity index (χ4v) is 4.23. The van der Waals surface area contributed by atoms with E-state index in [4.69, 9.17) is 14.4 Å². The quantitative estimate of drug-likeness (QED) is 0.431. The van der Waals surface area contributed by atoms with Gasteiger partial charge in [-0.1, -0.05) is 52.8 Å². The summed E-state index contributed by atoms with van der Waals surface area (Å²) in [6.07, 6.45) is 0.874. The highest BCUT2D eigenvalue weighted by molar-refractivity contribution is 7.18. The van der Waals surface area contributed by atoms with Gasteiger partial charge in [0.25, 0.3) is 0 Å². The van der Waals surface area contributed by atoms with Crippen molar-refractivity contribution in [2.24, 2.45) is 0 Å². The summed E-state index contributed by atoms with van der Waals surface area (Å²) in [4.78, 5) is 9.50. The molecule has 0 atom stereocenters. The van der Waals surface area contributed by atoms with Gasteiger partial charge in [-0.3, -0.25) is 0 Å². The van der Waals surface area contributed by atoms with Gasteiger partial charge < -0.3 is 4.42 Å². The predicted octanol–water partition coefficient (Wildman–Crippen LogP) is 6.26. The summed E-state index contributed by atoms with van der Waals surface area (Å²) in [5.41, 5.74) is 4.05. The minimum atomic E-state index is -0.176. The van der Waals surface area contributed by atoms with Crippen LogP contribution in [-0.2, 0) is 17.3 Å². The molecule has 0 N–H and O–H groups in total. The van der Waals surface area contributed by atoms with Crippen molar-refractivity contribution in [3.63, 3.8) is 0 Å². The number of rotatable bonds is 3. The smallest absolute Gasteiger partial charge is 0.201 e. The van der Waals surface area contributed by atoms with Crippen molar-refractivity contribution in [2.75, 3.05) is 0 Å². The second kappa shape index (κ2) is 5.92. The van der Waals surface area contributed by atoms with Gasteiger partial charge in [-0.15, -0.1) is 11.3 Å². The number of hydrogen-bond donors (Lipinski definition) is 0. The second-order valence-corrected chi connectivity index (χ2v) is 9.65.